The van der Waals surface area contributed by atoms with E-state index >= 15 is 0 Å². The summed E-state index contributed by atoms with van der Waals surface area (Å²) >= 11 is 0. The maximum absolute atomic E-state index is 10.6. The molecule has 0 spiro atoms. The Kier molecular flexibility index (Phi) is 3.79. The minimum Gasteiger partial charge on any atom is -0.478 e. The molecule has 3 nitrogen and oxygen atoms in total. The highest BCUT2D eigenvalue weighted by atomic mass is 16.4. The van der Waals surface area contributed by atoms with Gasteiger partial charge in [0, 0.05) is 23.2 Å². The molecule has 1 heterocycles. The first kappa shape index (κ1) is 14.1. The third-order valence-corrected chi connectivity index (χ3v) is 3.47. The van der Waals surface area contributed by atoms with Gasteiger partial charge in [0.1, 0.15) is 0 Å². The number of carboxylic acids is 1. The van der Waals surface area contributed by atoms with Gasteiger partial charge in [-0.05, 0) is 57.0 Å². The van der Waals surface area contributed by atoms with Gasteiger partial charge in [0.15, 0.2) is 0 Å². The topological polar surface area (TPSA) is 42.2 Å². The number of aromatic nitrogens is 1. The Bertz CT molecular complexity index is 693. The van der Waals surface area contributed by atoms with Gasteiger partial charge in [-0.2, -0.15) is 0 Å². The quantitative estimate of drug-likeness (QED) is 0.861. The Labute approximate surface area is 119 Å². The summed E-state index contributed by atoms with van der Waals surface area (Å²) in [7, 11) is 0. The summed E-state index contributed by atoms with van der Waals surface area (Å²) in [4.78, 5) is 10.6. The largest absolute Gasteiger partial charge is 0.478 e. The highest BCUT2D eigenvalue weighted by molar-refractivity contribution is 5.85. The molecule has 0 radical (unpaired) electrons. The highest BCUT2D eigenvalue weighted by Crippen LogP contribution is 2.24. The fourth-order valence-corrected chi connectivity index (χ4v) is 2.54. The number of aryl methyl sites for hydroxylation is 3. The molecular formula is C17H19NO2. The fourth-order valence-electron chi connectivity index (χ4n) is 2.54. The molecule has 0 unspecified atom stereocenters. The summed E-state index contributed by atoms with van der Waals surface area (Å²) in [6, 6.07) is 8.36. The van der Waals surface area contributed by atoms with Crippen LogP contribution in [0.4, 0.5) is 0 Å². The Morgan fingerprint density at radius 2 is 1.85 bits per heavy atom. The van der Waals surface area contributed by atoms with E-state index in [9.17, 15) is 4.79 Å². The number of nitrogens with zero attached hydrogens (tertiary/aromatic N) is 1. The molecule has 2 aromatic rings. The van der Waals surface area contributed by atoms with E-state index in [1.54, 1.807) is 6.08 Å². The summed E-state index contributed by atoms with van der Waals surface area (Å²) in [5.41, 5.74) is 6.66. The minimum atomic E-state index is -0.929. The van der Waals surface area contributed by atoms with E-state index in [0.29, 0.717) is 0 Å². The third kappa shape index (κ3) is 2.67. The number of rotatable bonds is 3. The predicted molar refractivity (Wildman–Crippen MR) is 81.4 cm³/mol. The van der Waals surface area contributed by atoms with Crippen LogP contribution >= 0.6 is 0 Å². The van der Waals surface area contributed by atoms with Gasteiger partial charge in [0.2, 0.25) is 0 Å². The molecule has 0 saturated heterocycles. The van der Waals surface area contributed by atoms with Crippen molar-refractivity contribution < 1.29 is 9.90 Å². The molecule has 3 heteroatoms. The standard InChI is InChI=1S/C17H19NO2/c1-11-5-7-16(12(2)9-11)18-13(3)10-15(14(18)4)6-8-17(19)20/h5-10H,1-4H3,(H,19,20). The van der Waals surface area contributed by atoms with Crippen molar-refractivity contribution in [3.05, 3.63) is 58.4 Å². The second kappa shape index (κ2) is 5.37. The Balaban J connectivity index is 2.55. The van der Waals surface area contributed by atoms with E-state index in [1.165, 1.54) is 17.2 Å². The van der Waals surface area contributed by atoms with Crippen molar-refractivity contribution in [2.45, 2.75) is 27.7 Å². The van der Waals surface area contributed by atoms with Crippen LogP contribution in [0.3, 0.4) is 0 Å². The second-order valence-electron chi connectivity index (χ2n) is 5.12. The normalized spacial score (nSPS) is 11.2. The SMILES string of the molecule is Cc1ccc(-n2c(C)cc(C=CC(=O)O)c2C)c(C)c1. The van der Waals surface area contributed by atoms with E-state index in [-0.39, 0.29) is 0 Å². The van der Waals surface area contributed by atoms with E-state index in [2.05, 4.69) is 36.6 Å². The number of carboxylic acid groups (broad SMARTS) is 1. The first-order valence-corrected chi connectivity index (χ1v) is 6.57. The number of hydrogen-bond acceptors (Lipinski definition) is 1. The Morgan fingerprint density at radius 3 is 2.45 bits per heavy atom. The van der Waals surface area contributed by atoms with Crippen LogP contribution in [0.25, 0.3) is 11.8 Å². The van der Waals surface area contributed by atoms with Gasteiger partial charge in [0.05, 0.1) is 0 Å². The zero-order valence-corrected chi connectivity index (χ0v) is 12.3. The highest BCUT2D eigenvalue weighted by Gasteiger charge is 2.11. The van der Waals surface area contributed by atoms with E-state index in [1.807, 2.05) is 19.9 Å². The van der Waals surface area contributed by atoms with Crippen LogP contribution in [0.1, 0.15) is 28.1 Å². The molecule has 0 atom stereocenters. The zero-order chi connectivity index (χ0) is 14.9. The Morgan fingerprint density at radius 1 is 1.15 bits per heavy atom. The molecule has 104 valence electrons. The van der Waals surface area contributed by atoms with Crippen molar-refractivity contribution in [1.82, 2.24) is 4.57 Å². The molecule has 0 fully saturated rings. The van der Waals surface area contributed by atoms with Gasteiger partial charge in [-0.25, -0.2) is 4.79 Å². The molecule has 20 heavy (non-hydrogen) atoms. The molecule has 1 aromatic heterocycles. The molecule has 1 aromatic carbocycles. The zero-order valence-electron chi connectivity index (χ0n) is 12.3. The summed E-state index contributed by atoms with van der Waals surface area (Å²) < 4.78 is 2.16. The van der Waals surface area contributed by atoms with Crippen LogP contribution in [-0.4, -0.2) is 15.6 Å². The number of benzene rings is 1. The van der Waals surface area contributed by atoms with Crippen LogP contribution in [0.5, 0.6) is 0 Å². The van der Waals surface area contributed by atoms with Gasteiger partial charge < -0.3 is 9.67 Å². The molecule has 0 aliphatic carbocycles. The van der Waals surface area contributed by atoms with Crippen LogP contribution < -0.4 is 0 Å². The summed E-state index contributed by atoms with van der Waals surface area (Å²) in [5, 5.41) is 8.74. The average Bonchev–Trinajstić information content (AvgIpc) is 2.63. The van der Waals surface area contributed by atoms with Crippen LogP contribution in [0, 0.1) is 27.7 Å². The van der Waals surface area contributed by atoms with Crippen LogP contribution in [-0.2, 0) is 4.79 Å². The maximum Gasteiger partial charge on any atom is 0.328 e. The first-order chi connectivity index (χ1) is 9.40. The second-order valence-corrected chi connectivity index (χ2v) is 5.12. The predicted octanol–water partition coefficient (Wildman–Crippen LogP) is 3.81. The monoisotopic (exact) mass is 269 g/mol. The Hall–Kier alpha value is -2.29. The van der Waals surface area contributed by atoms with Crippen molar-refractivity contribution in [1.29, 1.82) is 0 Å². The lowest BCUT2D eigenvalue weighted by molar-refractivity contribution is -0.131. The van der Waals surface area contributed by atoms with Crippen molar-refractivity contribution >= 4 is 12.0 Å². The van der Waals surface area contributed by atoms with Crippen LogP contribution in [0.15, 0.2) is 30.3 Å². The van der Waals surface area contributed by atoms with Crippen molar-refractivity contribution in [2.75, 3.05) is 0 Å². The van der Waals surface area contributed by atoms with Crippen LogP contribution in [0.2, 0.25) is 0 Å². The number of carbonyl (C=O) groups is 1. The number of aliphatic carboxylic acids is 1. The fraction of sp³-hybridized carbons (Fsp3) is 0.235. The van der Waals surface area contributed by atoms with E-state index < -0.39 is 5.97 Å². The van der Waals surface area contributed by atoms with Gasteiger partial charge in [-0.15, -0.1) is 0 Å². The molecule has 0 aliphatic heterocycles. The summed E-state index contributed by atoms with van der Waals surface area (Å²) in [5.74, 6) is -0.929. The minimum absolute atomic E-state index is 0.929. The van der Waals surface area contributed by atoms with Gasteiger partial charge in [-0.3, -0.25) is 0 Å². The summed E-state index contributed by atoms with van der Waals surface area (Å²) in [6.45, 7) is 8.21. The molecule has 0 bridgehead atoms. The van der Waals surface area contributed by atoms with Crippen molar-refractivity contribution in [3.8, 4) is 5.69 Å². The lowest BCUT2D eigenvalue weighted by atomic mass is 10.1. The summed E-state index contributed by atoms with van der Waals surface area (Å²) in [6.07, 6.45) is 2.82. The molecule has 0 amide bonds. The molecule has 2 rings (SSSR count). The average molecular weight is 269 g/mol. The lowest BCUT2D eigenvalue weighted by Gasteiger charge is -2.13. The molecular weight excluding hydrogens is 250 g/mol. The maximum atomic E-state index is 10.6. The smallest absolute Gasteiger partial charge is 0.328 e. The van der Waals surface area contributed by atoms with Gasteiger partial charge >= 0.3 is 5.97 Å². The van der Waals surface area contributed by atoms with Gasteiger partial charge in [0.25, 0.3) is 0 Å². The molecule has 1 N–H and O–H groups in total. The third-order valence-electron chi connectivity index (χ3n) is 3.47. The number of hydrogen-bond donors (Lipinski definition) is 1. The molecule has 0 saturated carbocycles. The van der Waals surface area contributed by atoms with Gasteiger partial charge in [-0.1, -0.05) is 17.7 Å². The van der Waals surface area contributed by atoms with E-state index in [4.69, 9.17) is 5.11 Å². The first-order valence-electron chi connectivity index (χ1n) is 6.57. The lowest BCUT2D eigenvalue weighted by Crippen LogP contribution is -2.01. The van der Waals surface area contributed by atoms with E-state index in [0.717, 1.165) is 22.6 Å². The van der Waals surface area contributed by atoms with Crippen molar-refractivity contribution in [2.24, 2.45) is 0 Å². The molecule has 0 aliphatic rings. The van der Waals surface area contributed by atoms with Crippen molar-refractivity contribution in [3.63, 3.8) is 0 Å².